The number of aryl methyl sites for hydroxylation is 1. The highest BCUT2D eigenvalue weighted by atomic mass is 19.4. The molecule has 204 valence electrons. The van der Waals surface area contributed by atoms with Crippen molar-refractivity contribution < 1.29 is 36.3 Å². The molecule has 6 nitrogen and oxygen atoms in total. The molecular weight excluding hydrogens is 509 g/mol. The van der Waals surface area contributed by atoms with Gasteiger partial charge in [-0.3, -0.25) is 9.59 Å². The largest absolute Gasteiger partial charge is 0.471 e. The second-order valence-electron chi connectivity index (χ2n) is 9.40. The summed E-state index contributed by atoms with van der Waals surface area (Å²) in [6, 6.07) is 6.92. The Hall–Kier alpha value is -3.47. The van der Waals surface area contributed by atoms with Crippen LogP contribution in [0.1, 0.15) is 45.8 Å². The van der Waals surface area contributed by atoms with Crippen molar-refractivity contribution in [2.45, 2.75) is 44.9 Å². The van der Waals surface area contributed by atoms with Gasteiger partial charge in [0.25, 0.3) is 5.91 Å². The third-order valence-electron chi connectivity index (χ3n) is 6.99. The molecule has 1 aliphatic rings. The van der Waals surface area contributed by atoms with Crippen LogP contribution in [0.5, 0.6) is 0 Å². The average Bonchev–Trinajstić information content (AvgIpc) is 3.27. The number of fused-ring (bicyclic) bond motifs is 1. The molecule has 0 atom stereocenters. The number of aromatic nitrogens is 1. The van der Waals surface area contributed by atoms with Gasteiger partial charge in [-0.25, -0.2) is 8.78 Å². The first kappa shape index (κ1) is 27.6. The minimum atomic E-state index is -4.99. The highest BCUT2D eigenvalue weighted by Gasteiger charge is 2.38. The van der Waals surface area contributed by atoms with Crippen molar-refractivity contribution in [3.05, 3.63) is 70.4 Å². The smallest absolute Gasteiger partial charge is 0.383 e. The van der Waals surface area contributed by atoms with Crippen molar-refractivity contribution >= 4 is 22.7 Å². The first-order valence-electron chi connectivity index (χ1n) is 12.2. The predicted octanol–water partition coefficient (Wildman–Crippen LogP) is 5.07. The summed E-state index contributed by atoms with van der Waals surface area (Å²) in [7, 11) is 1.56. The molecule has 0 bridgehead atoms. The van der Waals surface area contributed by atoms with Crippen LogP contribution in [0, 0.1) is 18.6 Å². The lowest BCUT2D eigenvalue weighted by Gasteiger charge is -2.32. The number of benzene rings is 2. The van der Waals surface area contributed by atoms with Crippen LogP contribution in [-0.2, 0) is 22.6 Å². The fraction of sp³-hybridized carbons (Fsp3) is 0.407. The van der Waals surface area contributed by atoms with E-state index in [9.17, 15) is 31.5 Å². The zero-order valence-corrected chi connectivity index (χ0v) is 21.0. The maximum atomic E-state index is 14.6. The molecule has 2 aromatic carbocycles. The summed E-state index contributed by atoms with van der Waals surface area (Å²) < 4.78 is 73.3. The van der Waals surface area contributed by atoms with Crippen LogP contribution in [0.2, 0.25) is 0 Å². The molecule has 2 amide bonds. The summed E-state index contributed by atoms with van der Waals surface area (Å²) in [5.41, 5.74) is 2.23. The number of hydrogen-bond donors (Lipinski definition) is 1. The molecule has 1 aromatic heterocycles. The van der Waals surface area contributed by atoms with Crippen molar-refractivity contribution in [2.75, 3.05) is 26.8 Å². The number of alkyl halides is 3. The molecule has 0 unspecified atom stereocenters. The Labute approximate surface area is 216 Å². The van der Waals surface area contributed by atoms with Gasteiger partial charge in [0.2, 0.25) is 0 Å². The summed E-state index contributed by atoms with van der Waals surface area (Å²) >= 11 is 0. The molecule has 1 N–H and O–H groups in total. The number of nitrogens with one attached hydrogen (secondary N) is 1. The summed E-state index contributed by atoms with van der Waals surface area (Å²) in [6.45, 7) is 2.83. The fourth-order valence-electron chi connectivity index (χ4n) is 4.95. The van der Waals surface area contributed by atoms with Crippen LogP contribution in [-0.4, -0.2) is 54.3 Å². The molecule has 0 aliphatic carbocycles. The maximum absolute atomic E-state index is 14.6. The Morgan fingerprint density at radius 3 is 2.42 bits per heavy atom. The summed E-state index contributed by atoms with van der Waals surface area (Å²) in [6.07, 6.45) is -2.37. The van der Waals surface area contributed by atoms with Crippen LogP contribution in [0.25, 0.3) is 10.9 Å². The SMILES string of the molecule is COCCn1cc(C(=O)N2CCC(c3cc(CNC(=O)C(F)(F)F)ccc3F)CC2)c2ccc(F)c(C)c21. The number of hydrogen-bond acceptors (Lipinski definition) is 3. The van der Waals surface area contributed by atoms with Gasteiger partial charge in [0.15, 0.2) is 0 Å². The molecular formula is C27H28F5N3O3. The van der Waals surface area contributed by atoms with Crippen LogP contribution >= 0.6 is 0 Å². The number of ether oxygens (including phenoxy) is 1. The topological polar surface area (TPSA) is 63.6 Å². The number of nitrogens with zero attached hydrogens (tertiary/aromatic N) is 2. The van der Waals surface area contributed by atoms with Gasteiger partial charge < -0.3 is 19.5 Å². The minimum Gasteiger partial charge on any atom is -0.383 e. The van der Waals surface area contributed by atoms with Gasteiger partial charge in [-0.2, -0.15) is 13.2 Å². The van der Waals surface area contributed by atoms with E-state index in [0.717, 1.165) is 0 Å². The maximum Gasteiger partial charge on any atom is 0.471 e. The van der Waals surface area contributed by atoms with Crippen molar-refractivity contribution in [2.24, 2.45) is 0 Å². The van der Waals surface area contributed by atoms with E-state index >= 15 is 0 Å². The number of carbonyl (C=O) groups is 2. The molecule has 11 heteroatoms. The number of methoxy groups -OCH3 is 1. The molecule has 1 aliphatic heterocycles. The highest BCUT2D eigenvalue weighted by molar-refractivity contribution is 6.07. The van der Waals surface area contributed by atoms with E-state index in [1.807, 2.05) is 4.57 Å². The van der Waals surface area contributed by atoms with Gasteiger partial charge in [-0.05, 0) is 55.0 Å². The highest BCUT2D eigenvalue weighted by Crippen LogP contribution is 2.33. The molecule has 0 radical (unpaired) electrons. The molecule has 4 rings (SSSR count). The second kappa shape index (κ2) is 11.1. The van der Waals surface area contributed by atoms with E-state index < -0.39 is 17.9 Å². The monoisotopic (exact) mass is 537 g/mol. The van der Waals surface area contributed by atoms with Crippen molar-refractivity contribution in [1.82, 2.24) is 14.8 Å². The second-order valence-corrected chi connectivity index (χ2v) is 9.40. The normalized spacial score (nSPS) is 14.8. The standard InChI is InChI=1S/C27H28F5N3O3/c1-16-22(28)6-4-19-21(15-35(24(16)19)11-12-38-2)25(36)34-9-7-18(8-10-34)20-13-17(3-5-23(20)29)14-33-26(37)27(30,31)32/h3-6,13,15,18H,7-12,14H2,1-2H3,(H,33,37). The van der Waals surface area contributed by atoms with Gasteiger partial charge in [-0.1, -0.05) is 12.1 Å². The van der Waals surface area contributed by atoms with Crippen LogP contribution in [0.15, 0.2) is 36.5 Å². The third-order valence-corrected chi connectivity index (χ3v) is 6.99. The predicted molar refractivity (Wildman–Crippen MR) is 131 cm³/mol. The number of rotatable bonds is 7. The number of amides is 2. The number of piperidine rings is 1. The molecule has 1 saturated heterocycles. The van der Waals surface area contributed by atoms with Crippen LogP contribution in [0.3, 0.4) is 0 Å². The lowest BCUT2D eigenvalue weighted by Crippen LogP contribution is -2.38. The quantitative estimate of drug-likeness (QED) is 0.428. The Bertz CT molecular complexity index is 1340. The van der Waals surface area contributed by atoms with Crippen LogP contribution in [0.4, 0.5) is 22.0 Å². The van der Waals surface area contributed by atoms with Crippen molar-refractivity contribution in [1.29, 1.82) is 0 Å². The first-order valence-corrected chi connectivity index (χ1v) is 12.2. The van der Waals surface area contributed by atoms with E-state index in [1.54, 1.807) is 36.5 Å². The molecule has 2 heterocycles. The molecule has 0 saturated carbocycles. The van der Waals surface area contributed by atoms with Crippen molar-refractivity contribution in [3.8, 4) is 0 Å². The van der Waals surface area contributed by atoms with Gasteiger partial charge in [0.1, 0.15) is 11.6 Å². The molecule has 1 fully saturated rings. The van der Waals surface area contributed by atoms with E-state index in [2.05, 4.69) is 0 Å². The zero-order valence-electron chi connectivity index (χ0n) is 21.0. The van der Waals surface area contributed by atoms with Gasteiger partial charge in [0, 0.05) is 50.4 Å². The first-order chi connectivity index (χ1) is 18.0. The number of carbonyl (C=O) groups excluding carboxylic acids is 2. The summed E-state index contributed by atoms with van der Waals surface area (Å²) in [5.74, 6) is -3.36. The number of halogens is 5. The summed E-state index contributed by atoms with van der Waals surface area (Å²) in [5, 5.41) is 2.44. The van der Waals surface area contributed by atoms with E-state index in [4.69, 9.17) is 4.74 Å². The Kier molecular flexibility index (Phi) is 8.05. The van der Waals surface area contributed by atoms with E-state index in [1.165, 1.54) is 24.3 Å². The fourth-order valence-corrected chi connectivity index (χ4v) is 4.95. The van der Waals surface area contributed by atoms with E-state index in [-0.39, 0.29) is 24.2 Å². The van der Waals surface area contributed by atoms with E-state index in [0.29, 0.717) is 72.2 Å². The minimum absolute atomic E-state index is 0.209. The van der Waals surface area contributed by atoms with Gasteiger partial charge >= 0.3 is 12.1 Å². The summed E-state index contributed by atoms with van der Waals surface area (Å²) in [4.78, 5) is 26.3. The zero-order chi connectivity index (χ0) is 27.6. The Morgan fingerprint density at radius 2 is 1.76 bits per heavy atom. The lowest BCUT2D eigenvalue weighted by molar-refractivity contribution is -0.173. The van der Waals surface area contributed by atoms with Crippen molar-refractivity contribution in [3.63, 3.8) is 0 Å². The molecule has 38 heavy (non-hydrogen) atoms. The van der Waals surface area contributed by atoms with Crippen LogP contribution < -0.4 is 5.32 Å². The third kappa shape index (κ3) is 5.67. The average molecular weight is 538 g/mol. The molecule has 0 spiro atoms. The van der Waals surface area contributed by atoms with Gasteiger partial charge in [-0.15, -0.1) is 0 Å². The molecule has 3 aromatic rings. The van der Waals surface area contributed by atoms with Gasteiger partial charge in [0.05, 0.1) is 17.7 Å². The Balaban J connectivity index is 1.48. The Morgan fingerprint density at radius 1 is 1.08 bits per heavy atom. The number of likely N-dealkylation sites (tertiary alicyclic amines) is 1. The lowest BCUT2D eigenvalue weighted by atomic mass is 9.88.